The summed E-state index contributed by atoms with van der Waals surface area (Å²) in [6.07, 6.45) is 0. The van der Waals surface area contributed by atoms with Crippen LogP contribution in [0.1, 0.15) is 6.92 Å². The summed E-state index contributed by atoms with van der Waals surface area (Å²) < 4.78 is 0. The van der Waals surface area contributed by atoms with Crippen LogP contribution < -0.4 is 16.2 Å². The third-order valence-corrected chi connectivity index (χ3v) is 1.68. The minimum Gasteiger partial charge on any atom is -0.550 e. The molecule has 13 heavy (non-hydrogen) atoms. The molecule has 0 radical (unpaired) electrons. The number of aliphatic carboxylic acids is 1. The van der Waals surface area contributed by atoms with Crippen molar-refractivity contribution < 1.29 is 15.6 Å². The molecule has 0 saturated carbocycles. The molecule has 1 aliphatic heterocycles. The van der Waals surface area contributed by atoms with Gasteiger partial charge in [-0.25, -0.2) is 0 Å². The van der Waals surface area contributed by atoms with Gasteiger partial charge in [0.25, 0.3) is 0 Å². The second-order valence-corrected chi connectivity index (χ2v) is 2.94. The van der Waals surface area contributed by atoms with Crippen LogP contribution in [0.3, 0.4) is 0 Å². The van der Waals surface area contributed by atoms with Crippen molar-refractivity contribution in [2.24, 2.45) is 0 Å². The first kappa shape index (κ1) is 12.3. The lowest BCUT2D eigenvalue weighted by Crippen LogP contribution is -2.57. The number of carbonyl (C=O) groups is 1. The van der Waals surface area contributed by atoms with Gasteiger partial charge in [-0.3, -0.25) is 4.90 Å². The SMILES string of the molecule is CC(=O)[O-].[NH3+]CCN1CCNCC1. The third kappa shape index (κ3) is 9.26. The Balaban J connectivity index is 0.000000310. The molecule has 5 heteroatoms. The lowest BCUT2D eigenvalue weighted by molar-refractivity contribution is -0.369. The standard InChI is InChI=1S/C6H15N3.C2H4O2/c7-1-4-9-5-2-8-3-6-9;1-2(3)4/h8H,1-7H2;1H3,(H,3,4). The van der Waals surface area contributed by atoms with E-state index in [1.807, 2.05) is 0 Å². The van der Waals surface area contributed by atoms with E-state index in [4.69, 9.17) is 9.90 Å². The van der Waals surface area contributed by atoms with Crippen molar-refractivity contribution in [2.45, 2.75) is 6.92 Å². The molecule has 0 aromatic rings. The van der Waals surface area contributed by atoms with E-state index in [1.54, 1.807) is 0 Å². The fourth-order valence-corrected chi connectivity index (χ4v) is 1.16. The molecule has 5 nitrogen and oxygen atoms in total. The maximum Gasteiger partial charge on any atom is 0.0869 e. The summed E-state index contributed by atoms with van der Waals surface area (Å²) in [4.78, 5) is 11.3. The van der Waals surface area contributed by atoms with Crippen LogP contribution in [0.2, 0.25) is 0 Å². The fraction of sp³-hybridized carbons (Fsp3) is 0.875. The van der Waals surface area contributed by atoms with Crippen molar-refractivity contribution in [3.8, 4) is 0 Å². The number of carbonyl (C=O) groups excluding carboxylic acids is 1. The molecule has 0 aromatic carbocycles. The molecule has 78 valence electrons. The first-order valence-corrected chi connectivity index (χ1v) is 4.56. The normalized spacial score (nSPS) is 17.4. The van der Waals surface area contributed by atoms with Gasteiger partial charge in [-0.05, 0) is 6.92 Å². The van der Waals surface area contributed by atoms with Gasteiger partial charge in [-0.1, -0.05) is 0 Å². The molecule has 0 unspecified atom stereocenters. The molecule has 0 aromatic heterocycles. The average Bonchev–Trinajstić information content (AvgIpc) is 2.06. The molecule has 0 bridgehead atoms. The molecular formula is C8H19N3O2. The number of hydrogen-bond donors (Lipinski definition) is 2. The van der Waals surface area contributed by atoms with E-state index in [-0.39, 0.29) is 0 Å². The Labute approximate surface area is 78.9 Å². The minimum absolute atomic E-state index is 0.972. The highest BCUT2D eigenvalue weighted by Crippen LogP contribution is 1.88. The van der Waals surface area contributed by atoms with Gasteiger partial charge in [0.05, 0.1) is 6.54 Å². The van der Waals surface area contributed by atoms with Gasteiger partial charge < -0.3 is 21.0 Å². The largest absolute Gasteiger partial charge is 0.550 e. The van der Waals surface area contributed by atoms with Gasteiger partial charge in [0.2, 0.25) is 0 Å². The second kappa shape index (κ2) is 7.97. The number of nitrogens with one attached hydrogen (secondary N) is 1. The van der Waals surface area contributed by atoms with Crippen LogP contribution in [0.5, 0.6) is 0 Å². The topological polar surface area (TPSA) is 83.0 Å². The minimum atomic E-state index is -1.08. The Hall–Kier alpha value is -0.650. The maximum atomic E-state index is 8.89. The molecule has 1 fully saturated rings. The molecule has 1 aliphatic rings. The van der Waals surface area contributed by atoms with Crippen LogP contribution in [-0.4, -0.2) is 50.1 Å². The van der Waals surface area contributed by atoms with Crippen molar-refractivity contribution in [2.75, 3.05) is 39.3 Å². The van der Waals surface area contributed by atoms with Gasteiger partial charge in [-0.15, -0.1) is 0 Å². The van der Waals surface area contributed by atoms with E-state index < -0.39 is 5.97 Å². The molecule has 4 N–H and O–H groups in total. The summed E-state index contributed by atoms with van der Waals surface area (Å²) in [5, 5.41) is 12.2. The summed E-state index contributed by atoms with van der Waals surface area (Å²) >= 11 is 0. The lowest BCUT2D eigenvalue weighted by atomic mass is 10.3. The molecule has 0 spiro atoms. The average molecular weight is 189 g/mol. The molecule has 0 atom stereocenters. The quantitative estimate of drug-likeness (QED) is 0.482. The molecular weight excluding hydrogens is 170 g/mol. The van der Waals surface area contributed by atoms with Crippen LogP contribution in [0, 0.1) is 0 Å². The monoisotopic (exact) mass is 189 g/mol. The first-order valence-electron chi connectivity index (χ1n) is 4.56. The Morgan fingerprint density at radius 1 is 1.54 bits per heavy atom. The number of nitrogens with zero attached hydrogens (tertiary/aromatic N) is 1. The van der Waals surface area contributed by atoms with Crippen molar-refractivity contribution in [3.63, 3.8) is 0 Å². The van der Waals surface area contributed by atoms with Crippen molar-refractivity contribution >= 4 is 5.97 Å². The zero-order valence-electron chi connectivity index (χ0n) is 8.21. The number of carboxylic acid groups (broad SMARTS) is 1. The van der Waals surface area contributed by atoms with Crippen LogP contribution >= 0.6 is 0 Å². The van der Waals surface area contributed by atoms with E-state index in [9.17, 15) is 0 Å². The van der Waals surface area contributed by atoms with Gasteiger partial charge in [0.1, 0.15) is 0 Å². The Kier molecular flexibility index (Phi) is 7.57. The summed E-state index contributed by atoms with van der Waals surface area (Å²) in [5.74, 6) is -1.08. The highest BCUT2D eigenvalue weighted by atomic mass is 16.4. The third-order valence-electron chi connectivity index (χ3n) is 1.68. The zero-order valence-corrected chi connectivity index (χ0v) is 8.21. The Bertz CT molecular complexity index is 129. The smallest absolute Gasteiger partial charge is 0.0869 e. The van der Waals surface area contributed by atoms with Crippen LogP contribution in [0.4, 0.5) is 0 Å². The number of piperazine rings is 1. The number of carboxylic acids is 1. The summed E-state index contributed by atoms with van der Waals surface area (Å²) in [6, 6.07) is 0. The molecule has 1 saturated heterocycles. The maximum absolute atomic E-state index is 8.89. The Morgan fingerprint density at radius 3 is 2.38 bits per heavy atom. The van der Waals surface area contributed by atoms with Gasteiger partial charge >= 0.3 is 0 Å². The summed E-state index contributed by atoms with van der Waals surface area (Å²) in [5.41, 5.74) is 3.82. The van der Waals surface area contributed by atoms with Crippen LogP contribution in [0.15, 0.2) is 0 Å². The molecule has 1 rings (SSSR count). The van der Waals surface area contributed by atoms with Crippen molar-refractivity contribution in [1.29, 1.82) is 0 Å². The zero-order chi connectivity index (χ0) is 10.1. The molecule has 0 amide bonds. The Morgan fingerprint density at radius 2 is 2.00 bits per heavy atom. The van der Waals surface area contributed by atoms with Gasteiger partial charge in [0, 0.05) is 38.7 Å². The predicted molar refractivity (Wildman–Crippen MR) is 47.7 cm³/mol. The van der Waals surface area contributed by atoms with E-state index in [1.165, 1.54) is 19.6 Å². The second-order valence-electron chi connectivity index (χ2n) is 2.94. The van der Waals surface area contributed by atoms with E-state index >= 15 is 0 Å². The van der Waals surface area contributed by atoms with Crippen molar-refractivity contribution in [3.05, 3.63) is 0 Å². The predicted octanol–water partition coefficient (Wildman–Crippen LogP) is -3.11. The lowest BCUT2D eigenvalue weighted by Gasteiger charge is -2.25. The van der Waals surface area contributed by atoms with Crippen molar-refractivity contribution in [1.82, 2.24) is 10.2 Å². The van der Waals surface area contributed by atoms with E-state index in [0.717, 1.165) is 26.6 Å². The number of quaternary nitrogens is 1. The van der Waals surface area contributed by atoms with Crippen LogP contribution in [-0.2, 0) is 4.79 Å². The van der Waals surface area contributed by atoms with Gasteiger partial charge in [0.15, 0.2) is 0 Å². The number of hydrogen-bond acceptors (Lipinski definition) is 4. The highest BCUT2D eigenvalue weighted by Gasteiger charge is 2.07. The van der Waals surface area contributed by atoms with Crippen LogP contribution in [0.25, 0.3) is 0 Å². The fourth-order valence-electron chi connectivity index (χ4n) is 1.16. The summed E-state index contributed by atoms with van der Waals surface area (Å²) in [6.45, 7) is 7.90. The molecule has 0 aliphatic carbocycles. The first-order chi connectivity index (χ1) is 6.16. The van der Waals surface area contributed by atoms with Gasteiger partial charge in [-0.2, -0.15) is 0 Å². The molecule has 1 heterocycles. The highest BCUT2D eigenvalue weighted by molar-refractivity contribution is 5.60. The van der Waals surface area contributed by atoms with E-state index in [2.05, 4.69) is 16.0 Å². The summed E-state index contributed by atoms with van der Waals surface area (Å²) in [7, 11) is 0. The number of rotatable bonds is 2. The van der Waals surface area contributed by atoms with E-state index in [0.29, 0.717) is 0 Å².